The van der Waals surface area contributed by atoms with Gasteiger partial charge in [-0.3, -0.25) is 4.79 Å². The van der Waals surface area contributed by atoms with Crippen molar-refractivity contribution in [3.8, 4) is 0 Å². The number of carboxylic acid groups (broad SMARTS) is 1. The van der Waals surface area contributed by atoms with Crippen LogP contribution < -0.4 is 0 Å². The number of aliphatic carboxylic acids is 1. The first-order chi connectivity index (χ1) is 8.65. The molecule has 2 aromatic rings. The topological polar surface area (TPSA) is 55.1 Å². The van der Waals surface area contributed by atoms with Gasteiger partial charge in [0.25, 0.3) is 0 Å². The highest BCUT2D eigenvalue weighted by Gasteiger charge is 2.07. The van der Waals surface area contributed by atoms with E-state index in [4.69, 9.17) is 5.11 Å². The van der Waals surface area contributed by atoms with Gasteiger partial charge in [0, 0.05) is 18.9 Å². The van der Waals surface area contributed by atoms with Crippen LogP contribution in [0.3, 0.4) is 0 Å². The van der Waals surface area contributed by atoms with Gasteiger partial charge in [0.15, 0.2) is 5.16 Å². The SMILES string of the molecule is O=C(O)CSc1nccn1Cc1cccc(F)c1. The molecule has 0 aliphatic heterocycles. The highest BCUT2D eigenvalue weighted by Crippen LogP contribution is 2.17. The van der Waals surface area contributed by atoms with Gasteiger partial charge in [-0.15, -0.1) is 0 Å². The summed E-state index contributed by atoms with van der Waals surface area (Å²) in [5.74, 6) is -1.21. The van der Waals surface area contributed by atoms with E-state index in [-0.39, 0.29) is 11.6 Å². The number of hydrogen-bond acceptors (Lipinski definition) is 3. The minimum Gasteiger partial charge on any atom is -0.481 e. The van der Waals surface area contributed by atoms with Crippen LogP contribution in [-0.2, 0) is 11.3 Å². The number of aromatic nitrogens is 2. The Kier molecular flexibility index (Phi) is 3.99. The highest BCUT2D eigenvalue weighted by atomic mass is 32.2. The Morgan fingerprint density at radius 1 is 1.50 bits per heavy atom. The first-order valence-corrected chi connectivity index (χ1v) is 6.24. The zero-order valence-corrected chi connectivity index (χ0v) is 10.2. The normalized spacial score (nSPS) is 10.5. The van der Waals surface area contributed by atoms with Gasteiger partial charge in [0.2, 0.25) is 0 Å². The van der Waals surface area contributed by atoms with Crippen molar-refractivity contribution in [1.82, 2.24) is 9.55 Å². The third-order valence-corrected chi connectivity index (χ3v) is 3.23. The molecule has 0 aliphatic rings. The molecular weight excluding hydrogens is 255 g/mol. The van der Waals surface area contributed by atoms with E-state index >= 15 is 0 Å². The fourth-order valence-corrected chi connectivity index (χ4v) is 2.19. The number of nitrogens with zero attached hydrogens (tertiary/aromatic N) is 2. The number of benzene rings is 1. The van der Waals surface area contributed by atoms with Crippen molar-refractivity contribution in [3.63, 3.8) is 0 Å². The maximum Gasteiger partial charge on any atom is 0.313 e. The summed E-state index contributed by atoms with van der Waals surface area (Å²) in [6, 6.07) is 6.30. The van der Waals surface area contributed by atoms with E-state index in [1.54, 1.807) is 23.0 Å². The molecule has 0 saturated heterocycles. The molecule has 0 bridgehead atoms. The maximum atomic E-state index is 13.0. The molecular formula is C12H11FN2O2S. The Balaban J connectivity index is 2.10. The number of hydrogen-bond donors (Lipinski definition) is 1. The number of rotatable bonds is 5. The Hall–Kier alpha value is -1.82. The Morgan fingerprint density at radius 3 is 3.06 bits per heavy atom. The molecule has 1 heterocycles. The average Bonchev–Trinajstić information content (AvgIpc) is 2.74. The lowest BCUT2D eigenvalue weighted by Crippen LogP contribution is -2.03. The molecule has 1 aromatic heterocycles. The van der Waals surface area contributed by atoms with E-state index in [1.807, 2.05) is 6.07 Å². The number of carboxylic acids is 1. The highest BCUT2D eigenvalue weighted by molar-refractivity contribution is 7.99. The van der Waals surface area contributed by atoms with Crippen LogP contribution in [0, 0.1) is 5.82 Å². The number of thioether (sulfide) groups is 1. The molecule has 18 heavy (non-hydrogen) atoms. The molecule has 0 aliphatic carbocycles. The standard InChI is InChI=1S/C12H11FN2O2S/c13-10-3-1-2-9(6-10)7-15-5-4-14-12(15)18-8-11(16)17/h1-6H,7-8H2,(H,16,17). The third-order valence-electron chi connectivity index (χ3n) is 2.24. The van der Waals surface area contributed by atoms with Crippen LogP contribution in [0.1, 0.15) is 5.56 Å². The lowest BCUT2D eigenvalue weighted by Gasteiger charge is -2.06. The number of imidazole rings is 1. The van der Waals surface area contributed by atoms with Crippen LogP contribution in [0.5, 0.6) is 0 Å². The molecule has 0 amide bonds. The predicted octanol–water partition coefficient (Wildman–Crippen LogP) is 2.25. The van der Waals surface area contributed by atoms with Gasteiger partial charge in [-0.05, 0) is 17.7 Å². The summed E-state index contributed by atoms with van der Waals surface area (Å²) in [6.07, 6.45) is 3.35. The first-order valence-electron chi connectivity index (χ1n) is 5.25. The fourth-order valence-electron chi connectivity index (χ4n) is 1.51. The Morgan fingerprint density at radius 2 is 2.33 bits per heavy atom. The largest absolute Gasteiger partial charge is 0.481 e. The van der Waals surface area contributed by atoms with Crippen molar-refractivity contribution in [2.75, 3.05) is 5.75 Å². The van der Waals surface area contributed by atoms with Crippen LogP contribution in [0.4, 0.5) is 4.39 Å². The van der Waals surface area contributed by atoms with Gasteiger partial charge in [0.1, 0.15) is 5.82 Å². The molecule has 0 atom stereocenters. The first kappa shape index (κ1) is 12.6. The van der Waals surface area contributed by atoms with Crippen LogP contribution in [0.25, 0.3) is 0 Å². The lowest BCUT2D eigenvalue weighted by molar-refractivity contribution is -0.133. The molecule has 94 valence electrons. The molecule has 1 aromatic carbocycles. The van der Waals surface area contributed by atoms with Crippen LogP contribution in [0.15, 0.2) is 41.8 Å². The van der Waals surface area contributed by atoms with E-state index < -0.39 is 5.97 Å². The Bertz CT molecular complexity index is 557. The quantitative estimate of drug-likeness (QED) is 0.843. The van der Waals surface area contributed by atoms with Gasteiger partial charge >= 0.3 is 5.97 Å². The van der Waals surface area contributed by atoms with Crippen molar-refractivity contribution in [3.05, 3.63) is 48.0 Å². The van der Waals surface area contributed by atoms with Gasteiger partial charge in [-0.25, -0.2) is 9.37 Å². The third kappa shape index (κ3) is 3.33. The summed E-state index contributed by atoms with van der Waals surface area (Å²) in [7, 11) is 0. The fraction of sp³-hybridized carbons (Fsp3) is 0.167. The van der Waals surface area contributed by atoms with Crippen LogP contribution in [-0.4, -0.2) is 26.4 Å². The zero-order valence-electron chi connectivity index (χ0n) is 9.41. The Labute approximate surface area is 107 Å². The minimum atomic E-state index is -0.889. The maximum absolute atomic E-state index is 13.0. The second kappa shape index (κ2) is 5.68. The van der Waals surface area contributed by atoms with Crippen LogP contribution in [0.2, 0.25) is 0 Å². The minimum absolute atomic E-state index is 0.0415. The van der Waals surface area contributed by atoms with Crippen LogP contribution >= 0.6 is 11.8 Å². The van der Waals surface area contributed by atoms with Gasteiger partial charge in [0.05, 0.1) is 5.75 Å². The van der Waals surface area contributed by atoms with Crippen molar-refractivity contribution < 1.29 is 14.3 Å². The second-order valence-electron chi connectivity index (χ2n) is 3.65. The molecule has 2 rings (SSSR count). The van der Waals surface area contributed by atoms with Gasteiger partial charge < -0.3 is 9.67 Å². The molecule has 0 spiro atoms. The second-order valence-corrected chi connectivity index (χ2v) is 4.59. The molecule has 1 N–H and O–H groups in total. The summed E-state index contributed by atoms with van der Waals surface area (Å²) in [5, 5.41) is 9.23. The monoisotopic (exact) mass is 266 g/mol. The smallest absolute Gasteiger partial charge is 0.313 e. The summed E-state index contributed by atoms with van der Waals surface area (Å²) in [6.45, 7) is 0.472. The lowest BCUT2D eigenvalue weighted by atomic mass is 10.2. The van der Waals surface area contributed by atoms with Gasteiger partial charge in [-0.2, -0.15) is 0 Å². The summed E-state index contributed by atoms with van der Waals surface area (Å²) >= 11 is 1.14. The molecule has 4 nitrogen and oxygen atoms in total. The zero-order chi connectivity index (χ0) is 13.0. The van der Waals surface area contributed by atoms with E-state index in [0.717, 1.165) is 17.3 Å². The molecule has 0 unspecified atom stereocenters. The number of halogens is 1. The van der Waals surface area contributed by atoms with Gasteiger partial charge in [-0.1, -0.05) is 23.9 Å². The molecule has 0 fully saturated rings. The van der Waals surface area contributed by atoms with Crippen molar-refractivity contribution >= 4 is 17.7 Å². The van der Waals surface area contributed by atoms with Crippen molar-refractivity contribution in [1.29, 1.82) is 0 Å². The van der Waals surface area contributed by atoms with E-state index in [2.05, 4.69) is 4.98 Å². The van der Waals surface area contributed by atoms with E-state index in [9.17, 15) is 9.18 Å². The predicted molar refractivity (Wildman–Crippen MR) is 66.1 cm³/mol. The van der Waals surface area contributed by atoms with Crippen molar-refractivity contribution in [2.24, 2.45) is 0 Å². The average molecular weight is 266 g/mol. The molecule has 0 radical (unpaired) electrons. The van der Waals surface area contributed by atoms with Crippen molar-refractivity contribution in [2.45, 2.75) is 11.7 Å². The summed E-state index contributed by atoms with van der Waals surface area (Å²) in [5.41, 5.74) is 0.810. The molecule has 6 heteroatoms. The van der Waals surface area contributed by atoms with E-state index in [0.29, 0.717) is 11.7 Å². The summed E-state index contributed by atoms with van der Waals surface area (Å²) in [4.78, 5) is 14.6. The molecule has 0 saturated carbocycles. The summed E-state index contributed by atoms with van der Waals surface area (Å²) < 4.78 is 14.8. The number of carbonyl (C=O) groups is 1. The van der Waals surface area contributed by atoms with E-state index in [1.165, 1.54) is 12.1 Å².